The lowest BCUT2D eigenvalue weighted by atomic mass is 10.2. The van der Waals surface area contributed by atoms with Crippen LogP contribution in [0.2, 0.25) is 0 Å². The molecule has 1 saturated heterocycles. The Morgan fingerprint density at radius 2 is 1.95 bits per heavy atom. The van der Waals surface area contributed by atoms with E-state index < -0.39 is 0 Å². The van der Waals surface area contributed by atoms with E-state index in [0.717, 1.165) is 25.9 Å². The zero-order chi connectivity index (χ0) is 15.1. The van der Waals surface area contributed by atoms with Crippen molar-refractivity contribution in [3.05, 3.63) is 0 Å². The first kappa shape index (κ1) is 17.0. The van der Waals surface area contributed by atoms with Gasteiger partial charge in [-0.2, -0.15) is 0 Å². The molecular formula is C15H29N3O2. The minimum atomic E-state index is -0.0408. The molecule has 0 spiro atoms. The lowest BCUT2D eigenvalue weighted by Gasteiger charge is -2.30. The molecule has 5 nitrogen and oxygen atoms in total. The number of carbonyl (C=O) groups is 2. The van der Waals surface area contributed by atoms with Crippen molar-refractivity contribution in [1.82, 2.24) is 15.1 Å². The van der Waals surface area contributed by atoms with Gasteiger partial charge in [-0.05, 0) is 40.5 Å². The standard InChI is InChI=1S/C15H29N3O2/c1-12(2)18(13(3)4)10-6-8-16-14(19)11-17-9-5-7-15(17)20/h12-13H,5-11H2,1-4H3,(H,16,19). The highest BCUT2D eigenvalue weighted by Gasteiger charge is 2.22. The molecule has 0 aromatic heterocycles. The van der Waals surface area contributed by atoms with Crippen LogP contribution in [-0.2, 0) is 9.59 Å². The third-order valence-electron chi connectivity index (χ3n) is 3.75. The molecule has 0 saturated carbocycles. The van der Waals surface area contributed by atoms with Crippen molar-refractivity contribution in [3.63, 3.8) is 0 Å². The van der Waals surface area contributed by atoms with Crippen molar-refractivity contribution in [1.29, 1.82) is 0 Å². The lowest BCUT2D eigenvalue weighted by Crippen LogP contribution is -2.41. The molecule has 1 aliphatic heterocycles. The van der Waals surface area contributed by atoms with Gasteiger partial charge in [-0.3, -0.25) is 14.5 Å². The largest absolute Gasteiger partial charge is 0.355 e. The molecule has 1 aliphatic rings. The Balaban J connectivity index is 2.17. The zero-order valence-corrected chi connectivity index (χ0v) is 13.3. The number of nitrogens with zero attached hydrogens (tertiary/aromatic N) is 2. The van der Waals surface area contributed by atoms with Gasteiger partial charge in [0.05, 0.1) is 6.54 Å². The summed E-state index contributed by atoms with van der Waals surface area (Å²) in [6.45, 7) is 11.4. The number of hydrogen-bond donors (Lipinski definition) is 1. The van der Waals surface area contributed by atoms with E-state index in [2.05, 4.69) is 37.9 Å². The van der Waals surface area contributed by atoms with Gasteiger partial charge < -0.3 is 10.2 Å². The second-order valence-electron chi connectivity index (χ2n) is 6.05. The fourth-order valence-electron chi connectivity index (χ4n) is 2.70. The third-order valence-corrected chi connectivity index (χ3v) is 3.75. The van der Waals surface area contributed by atoms with Gasteiger partial charge in [0.2, 0.25) is 11.8 Å². The molecule has 0 aromatic rings. The molecule has 0 aliphatic carbocycles. The van der Waals surface area contributed by atoms with Crippen molar-refractivity contribution in [2.24, 2.45) is 0 Å². The minimum absolute atomic E-state index is 0.0408. The van der Waals surface area contributed by atoms with Crippen LogP contribution in [0.4, 0.5) is 0 Å². The van der Waals surface area contributed by atoms with Gasteiger partial charge in [-0.1, -0.05) is 0 Å². The summed E-state index contributed by atoms with van der Waals surface area (Å²) < 4.78 is 0. The van der Waals surface area contributed by atoms with Gasteiger partial charge in [-0.15, -0.1) is 0 Å². The average molecular weight is 283 g/mol. The summed E-state index contributed by atoms with van der Waals surface area (Å²) >= 11 is 0. The van der Waals surface area contributed by atoms with Crippen LogP contribution in [0.3, 0.4) is 0 Å². The number of nitrogens with one attached hydrogen (secondary N) is 1. The Bertz CT molecular complexity index is 321. The first-order valence-electron chi connectivity index (χ1n) is 7.72. The SMILES string of the molecule is CC(C)N(CCCNC(=O)CN1CCCC1=O)C(C)C. The topological polar surface area (TPSA) is 52.7 Å². The highest BCUT2D eigenvalue weighted by Crippen LogP contribution is 2.08. The van der Waals surface area contributed by atoms with Gasteiger partial charge in [0.1, 0.15) is 0 Å². The Hall–Kier alpha value is -1.10. The van der Waals surface area contributed by atoms with Crippen LogP contribution in [-0.4, -0.2) is 59.9 Å². The third kappa shape index (κ3) is 5.49. The van der Waals surface area contributed by atoms with Gasteiger partial charge in [0, 0.05) is 38.1 Å². The monoisotopic (exact) mass is 283 g/mol. The Kier molecular flexibility index (Phi) is 6.99. The van der Waals surface area contributed by atoms with E-state index in [0.29, 0.717) is 25.0 Å². The molecule has 20 heavy (non-hydrogen) atoms. The molecule has 116 valence electrons. The van der Waals surface area contributed by atoms with Gasteiger partial charge in [0.25, 0.3) is 0 Å². The molecule has 0 unspecified atom stereocenters. The fraction of sp³-hybridized carbons (Fsp3) is 0.867. The fourth-order valence-corrected chi connectivity index (χ4v) is 2.70. The van der Waals surface area contributed by atoms with Crippen LogP contribution in [0.1, 0.15) is 47.0 Å². The van der Waals surface area contributed by atoms with Crippen molar-refractivity contribution in [2.75, 3.05) is 26.2 Å². The highest BCUT2D eigenvalue weighted by molar-refractivity contribution is 5.85. The second-order valence-corrected chi connectivity index (χ2v) is 6.05. The molecule has 1 N–H and O–H groups in total. The summed E-state index contributed by atoms with van der Waals surface area (Å²) in [6, 6.07) is 1.04. The second kappa shape index (κ2) is 8.25. The maximum Gasteiger partial charge on any atom is 0.239 e. The van der Waals surface area contributed by atoms with Crippen LogP contribution in [0.25, 0.3) is 0 Å². The number of likely N-dealkylation sites (tertiary alicyclic amines) is 1. The molecule has 0 atom stereocenters. The first-order chi connectivity index (χ1) is 9.41. The Morgan fingerprint density at radius 3 is 2.45 bits per heavy atom. The summed E-state index contributed by atoms with van der Waals surface area (Å²) in [7, 11) is 0. The molecule has 0 aromatic carbocycles. The predicted octanol–water partition coefficient (Wildman–Crippen LogP) is 1.23. The summed E-state index contributed by atoms with van der Waals surface area (Å²) in [4.78, 5) is 27.2. The Labute approximate surface area is 122 Å². The van der Waals surface area contributed by atoms with E-state index in [1.54, 1.807) is 4.90 Å². The molecule has 2 amide bonds. The van der Waals surface area contributed by atoms with Crippen LogP contribution in [0.15, 0.2) is 0 Å². The predicted molar refractivity (Wildman–Crippen MR) is 80.4 cm³/mol. The van der Waals surface area contributed by atoms with E-state index in [4.69, 9.17) is 0 Å². The van der Waals surface area contributed by atoms with Gasteiger partial charge >= 0.3 is 0 Å². The zero-order valence-electron chi connectivity index (χ0n) is 13.3. The number of amides is 2. The van der Waals surface area contributed by atoms with E-state index in [9.17, 15) is 9.59 Å². The van der Waals surface area contributed by atoms with Crippen LogP contribution < -0.4 is 5.32 Å². The van der Waals surface area contributed by atoms with Gasteiger partial charge in [-0.25, -0.2) is 0 Å². The molecular weight excluding hydrogens is 254 g/mol. The van der Waals surface area contributed by atoms with Crippen LogP contribution in [0.5, 0.6) is 0 Å². The average Bonchev–Trinajstić information content (AvgIpc) is 2.73. The van der Waals surface area contributed by atoms with Gasteiger partial charge in [0.15, 0.2) is 0 Å². The Morgan fingerprint density at radius 1 is 1.30 bits per heavy atom. The molecule has 1 heterocycles. The van der Waals surface area contributed by atoms with Crippen molar-refractivity contribution >= 4 is 11.8 Å². The summed E-state index contributed by atoms with van der Waals surface area (Å²) in [6.07, 6.45) is 2.41. The van der Waals surface area contributed by atoms with E-state index in [1.807, 2.05) is 0 Å². The quantitative estimate of drug-likeness (QED) is 0.682. The molecule has 5 heteroatoms. The summed E-state index contributed by atoms with van der Waals surface area (Å²) in [5, 5.41) is 2.90. The normalized spacial score (nSPS) is 15.8. The number of rotatable bonds is 8. The molecule has 1 rings (SSSR count). The highest BCUT2D eigenvalue weighted by atomic mass is 16.2. The van der Waals surface area contributed by atoms with E-state index >= 15 is 0 Å². The van der Waals surface area contributed by atoms with Crippen molar-refractivity contribution < 1.29 is 9.59 Å². The first-order valence-corrected chi connectivity index (χ1v) is 7.72. The maximum atomic E-state index is 11.7. The minimum Gasteiger partial charge on any atom is -0.355 e. The van der Waals surface area contributed by atoms with Crippen LogP contribution in [0, 0.1) is 0 Å². The molecule has 0 bridgehead atoms. The molecule has 1 fully saturated rings. The lowest BCUT2D eigenvalue weighted by molar-refractivity contribution is -0.133. The maximum absolute atomic E-state index is 11.7. The number of carbonyl (C=O) groups excluding carboxylic acids is 2. The summed E-state index contributed by atoms with van der Waals surface area (Å²) in [5.74, 6) is 0.0619. The van der Waals surface area contributed by atoms with Crippen LogP contribution >= 0.6 is 0 Å². The van der Waals surface area contributed by atoms with Crippen molar-refractivity contribution in [2.45, 2.75) is 59.0 Å². The summed E-state index contributed by atoms with van der Waals surface area (Å²) in [5.41, 5.74) is 0. The molecule has 0 radical (unpaired) electrons. The van der Waals surface area contributed by atoms with E-state index in [-0.39, 0.29) is 18.4 Å². The number of hydrogen-bond acceptors (Lipinski definition) is 3. The van der Waals surface area contributed by atoms with E-state index in [1.165, 1.54) is 0 Å². The smallest absolute Gasteiger partial charge is 0.239 e. The van der Waals surface area contributed by atoms with Crippen molar-refractivity contribution in [3.8, 4) is 0 Å².